The minimum Gasteiger partial charge on any atom is -0.326 e. The molecule has 5 heteroatoms. The van der Waals surface area contributed by atoms with Gasteiger partial charge in [0, 0.05) is 22.1 Å². The minimum absolute atomic E-state index is 0.570. The summed E-state index contributed by atoms with van der Waals surface area (Å²) in [5.41, 5.74) is 5.52. The van der Waals surface area contributed by atoms with Crippen molar-refractivity contribution in [2.24, 2.45) is 5.73 Å². The van der Waals surface area contributed by atoms with Gasteiger partial charge < -0.3 is 5.73 Å². The third kappa shape index (κ3) is 1.83. The molecule has 2 aromatic rings. The van der Waals surface area contributed by atoms with Crippen LogP contribution in [0.3, 0.4) is 0 Å². The third-order valence-corrected chi connectivity index (χ3v) is 4.58. The van der Waals surface area contributed by atoms with E-state index in [0.717, 1.165) is 14.4 Å². The molecule has 0 aliphatic heterocycles. The van der Waals surface area contributed by atoms with E-state index < -0.39 is 0 Å². The molecule has 0 atom stereocenters. The number of hydrogen-bond donors (Lipinski definition) is 1. The van der Waals surface area contributed by atoms with Crippen molar-refractivity contribution in [2.45, 2.75) is 6.54 Å². The zero-order valence-electron chi connectivity index (χ0n) is 6.66. The van der Waals surface area contributed by atoms with Crippen LogP contribution in [-0.2, 0) is 6.54 Å². The van der Waals surface area contributed by atoms with Crippen molar-refractivity contribution in [3.63, 3.8) is 0 Å². The topological polar surface area (TPSA) is 38.9 Å². The molecule has 0 spiro atoms. The number of rotatable bonds is 2. The average molecular weight is 275 g/mol. The zero-order valence-corrected chi connectivity index (χ0v) is 9.88. The van der Waals surface area contributed by atoms with Gasteiger partial charge in [-0.15, -0.1) is 22.7 Å². The van der Waals surface area contributed by atoms with E-state index in [1.54, 1.807) is 22.7 Å². The second-order valence-electron chi connectivity index (χ2n) is 2.43. The van der Waals surface area contributed by atoms with Gasteiger partial charge in [-0.2, -0.15) is 0 Å². The van der Waals surface area contributed by atoms with E-state index in [0.29, 0.717) is 6.54 Å². The Kier molecular flexibility index (Phi) is 2.78. The number of nitrogens with zero attached hydrogens (tertiary/aromatic N) is 1. The molecule has 0 aliphatic carbocycles. The Morgan fingerprint density at radius 1 is 1.54 bits per heavy atom. The van der Waals surface area contributed by atoms with E-state index in [2.05, 4.69) is 20.9 Å². The lowest BCUT2D eigenvalue weighted by molar-refractivity contribution is 1.10. The minimum atomic E-state index is 0.570. The van der Waals surface area contributed by atoms with Gasteiger partial charge in [0.25, 0.3) is 0 Å². The van der Waals surface area contributed by atoms with Gasteiger partial charge in [0.05, 0.1) is 4.88 Å². The largest absolute Gasteiger partial charge is 0.326 e. The Hall–Kier alpha value is -0.230. The van der Waals surface area contributed by atoms with E-state index in [9.17, 15) is 0 Å². The predicted octanol–water partition coefficient (Wildman–Crippen LogP) is 3.09. The highest BCUT2D eigenvalue weighted by atomic mass is 79.9. The molecule has 2 nitrogen and oxygen atoms in total. The van der Waals surface area contributed by atoms with Crippen molar-refractivity contribution < 1.29 is 0 Å². The molecule has 2 heterocycles. The highest BCUT2D eigenvalue weighted by molar-refractivity contribution is 9.10. The monoisotopic (exact) mass is 274 g/mol. The van der Waals surface area contributed by atoms with Crippen molar-refractivity contribution in [1.29, 1.82) is 0 Å². The summed E-state index contributed by atoms with van der Waals surface area (Å²) in [6.45, 7) is 0.570. The molecule has 0 amide bonds. The molecule has 2 rings (SSSR count). The normalized spacial score (nSPS) is 10.6. The van der Waals surface area contributed by atoms with E-state index in [1.165, 1.54) is 4.88 Å². The molecule has 0 fully saturated rings. The summed E-state index contributed by atoms with van der Waals surface area (Å²) < 4.78 is 1.11. The smallest absolute Gasteiger partial charge is 0.134 e. The van der Waals surface area contributed by atoms with Gasteiger partial charge in [0.15, 0.2) is 0 Å². The molecule has 0 saturated carbocycles. The number of nitrogens with two attached hydrogens (primary N) is 1. The van der Waals surface area contributed by atoms with Crippen LogP contribution in [-0.4, -0.2) is 4.98 Å². The van der Waals surface area contributed by atoms with Crippen molar-refractivity contribution in [2.75, 3.05) is 0 Å². The molecular weight excluding hydrogens is 268 g/mol. The predicted molar refractivity (Wildman–Crippen MR) is 61.0 cm³/mol. The summed E-state index contributed by atoms with van der Waals surface area (Å²) in [6.07, 6.45) is 1.84. The first kappa shape index (κ1) is 9.33. The van der Waals surface area contributed by atoms with Crippen LogP contribution in [0.5, 0.6) is 0 Å². The van der Waals surface area contributed by atoms with Crippen LogP contribution >= 0.6 is 38.6 Å². The number of hydrogen-bond acceptors (Lipinski definition) is 4. The number of thiazole rings is 1. The Labute approximate surface area is 92.6 Å². The zero-order chi connectivity index (χ0) is 9.26. The molecule has 0 unspecified atom stereocenters. The third-order valence-electron chi connectivity index (χ3n) is 1.57. The van der Waals surface area contributed by atoms with Crippen LogP contribution in [0.4, 0.5) is 0 Å². The molecule has 13 heavy (non-hydrogen) atoms. The number of halogens is 1. The first-order valence-electron chi connectivity index (χ1n) is 3.69. The van der Waals surface area contributed by atoms with Gasteiger partial charge in [0.1, 0.15) is 5.01 Å². The van der Waals surface area contributed by atoms with Gasteiger partial charge in [-0.25, -0.2) is 4.98 Å². The molecule has 0 radical (unpaired) electrons. The quantitative estimate of drug-likeness (QED) is 0.914. The van der Waals surface area contributed by atoms with Crippen LogP contribution in [0.2, 0.25) is 0 Å². The van der Waals surface area contributed by atoms with Crippen LogP contribution in [0.25, 0.3) is 9.88 Å². The first-order valence-corrected chi connectivity index (χ1v) is 6.18. The second-order valence-corrected chi connectivity index (χ2v) is 5.32. The fourth-order valence-electron chi connectivity index (χ4n) is 0.953. The van der Waals surface area contributed by atoms with E-state index in [4.69, 9.17) is 5.73 Å². The van der Waals surface area contributed by atoms with Gasteiger partial charge in [0.2, 0.25) is 0 Å². The van der Waals surface area contributed by atoms with E-state index >= 15 is 0 Å². The lowest BCUT2D eigenvalue weighted by Crippen LogP contribution is -1.91. The summed E-state index contributed by atoms with van der Waals surface area (Å²) in [5, 5.41) is 3.09. The van der Waals surface area contributed by atoms with Crippen molar-refractivity contribution >= 4 is 38.6 Å². The molecule has 2 N–H and O–H groups in total. The van der Waals surface area contributed by atoms with E-state index in [-0.39, 0.29) is 0 Å². The summed E-state index contributed by atoms with van der Waals surface area (Å²) >= 11 is 6.82. The van der Waals surface area contributed by atoms with Gasteiger partial charge in [-0.1, -0.05) is 0 Å². The molecule has 68 valence electrons. The Morgan fingerprint density at radius 2 is 2.38 bits per heavy atom. The fraction of sp³-hybridized carbons (Fsp3) is 0.125. The highest BCUT2D eigenvalue weighted by Gasteiger charge is 2.08. The second kappa shape index (κ2) is 3.88. The standard InChI is InChI=1S/C8H7BrN2S2/c9-6-1-2-12-7(6)8-11-4-5(3-10)13-8/h1-2,4H,3,10H2. The fourth-order valence-corrected chi connectivity index (χ4v) is 3.55. The maximum absolute atomic E-state index is 5.52. The van der Waals surface area contributed by atoms with E-state index in [1.807, 2.05) is 17.6 Å². The summed E-state index contributed by atoms with van der Waals surface area (Å²) in [7, 11) is 0. The van der Waals surface area contributed by atoms with Crippen LogP contribution in [0.1, 0.15) is 4.88 Å². The van der Waals surface area contributed by atoms with Crippen LogP contribution < -0.4 is 5.73 Å². The van der Waals surface area contributed by atoms with Gasteiger partial charge in [-0.05, 0) is 27.4 Å². The molecular formula is C8H7BrN2S2. The highest BCUT2D eigenvalue weighted by Crippen LogP contribution is 2.35. The van der Waals surface area contributed by atoms with Crippen molar-refractivity contribution in [1.82, 2.24) is 4.98 Å². The maximum Gasteiger partial charge on any atom is 0.134 e. The summed E-state index contributed by atoms with van der Waals surface area (Å²) in [6, 6.07) is 2.03. The number of thiophene rings is 1. The molecule has 0 aromatic carbocycles. The SMILES string of the molecule is NCc1cnc(-c2sccc2Br)s1. The van der Waals surface area contributed by atoms with Crippen LogP contribution in [0.15, 0.2) is 22.1 Å². The van der Waals surface area contributed by atoms with Gasteiger partial charge in [-0.3, -0.25) is 0 Å². The Morgan fingerprint density at radius 3 is 2.92 bits per heavy atom. The van der Waals surface area contributed by atoms with Crippen molar-refractivity contribution in [3.05, 3.63) is 27.0 Å². The maximum atomic E-state index is 5.52. The van der Waals surface area contributed by atoms with Crippen LogP contribution in [0, 0.1) is 0 Å². The Bertz CT molecular complexity index is 408. The summed E-state index contributed by atoms with van der Waals surface area (Å²) in [5.74, 6) is 0. The first-order chi connectivity index (χ1) is 6.31. The van der Waals surface area contributed by atoms with Gasteiger partial charge >= 0.3 is 0 Å². The molecule has 0 bridgehead atoms. The lowest BCUT2D eigenvalue weighted by atomic mass is 10.5. The van der Waals surface area contributed by atoms with Crippen molar-refractivity contribution in [3.8, 4) is 9.88 Å². The molecule has 2 aromatic heterocycles. The molecule has 0 aliphatic rings. The average Bonchev–Trinajstić information content (AvgIpc) is 2.71. The lowest BCUT2D eigenvalue weighted by Gasteiger charge is -1.89. The Balaban J connectivity index is 2.41. The number of aromatic nitrogens is 1. The molecule has 0 saturated heterocycles. The summed E-state index contributed by atoms with van der Waals surface area (Å²) in [4.78, 5) is 6.61.